The lowest BCUT2D eigenvalue weighted by Crippen LogP contribution is -2.57. The van der Waals surface area contributed by atoms with E-state index in [4.69, 9.17) is 0 Å². The van der Waals surface area contributed by atoms with E-state index in [-0.39, 0.29) is 11.9 Å². The van der Waals surface area contributed by atoms with Crippen LogP contribution in [-0.2, 0) is 0 Å². The third-order valence-electron chi connectivity index (χ3n) is 4.42. The molecule has 0 aromatic carbocycles. The number of nitrogens with one attached hydrogen (secondary N) is 1. The molecule has 1 atom stereocenters. The van der Waals surface area contributed by atoms with Crippen molar-refractivity contribution >= 4 is 27.5 Å². The summed E-state index contributed by atoms with van der Waals surface area (Å²) in [5, 5.41) is 3.16. The molecule has 20 heavy (non-hydrogen) atoms. The van der Waals surface area contributed by atoms with Gasteiger partial charge in [-0.3, -0.25) is 4.79 Å². The molecule has 3 fully saturated rings. The highest BCUT2D eigenvalue weighted by molar-refractivity contribution is 7.16. The van der Waals surface area contributed by atoms with Gasteiger partial charge in [0.25, 0.3) is 5.91 Å². The number of carbonyl (C=O) groups is 1. The second-order valence-electron chi connectivity index (χ2n) is 5.61. The van der Waals surface area contributed by atoms with Gasteiger partial charge < -0.3 is 10.2 Å². The van der Waals surface area contributed by atoms with E-state index in [0.29, 0.717) is 11.6 Å². The summed E-state index contributed by atoms with van der Waals surface area (Å²) >= 11 is 1.54. The molecule has 5 rings (SSSR count). The molecule has 2 aromatic rings. The fraction of sp³-hybridized carbons (Fsp3) is 0.500. The fourth-order valence-electron chi connectivity index (χ4n) is 3.26. The van der Waals surface area contributed by atoms with Crippen LogP contribution in [0.3, 0.4) is 0 Å². The van der Waals surface area contributed by atoms with E-state index in [1.54, 1.807) is 29.1 Å². The Morgan fingerprint density at radius 2 is 2.20 bits per heavy atom. The predicted molar refractivity (Wildman–Crippen MR) is 77.8 cm³/mol. The van der Waals surface area contributed by atoms with Gasteiger partial charge in [0, 0.05) is 18.8 Å². The van der Waals surface area contributed by atoms with Crippen molar-refractivity contribution in [1.82, 2.24) is 20.2 Å². The Balaban J connectivity index is 1.52. The van der Waals surface area contributed by atoms with Crippen molar-refractivity contribution < 1.29 is 4.79 Å². The Bertz CT molecular complexity index is 647. The standard InChI is InChI=1S/C14H16N4OS/c19-14(11-5-10-13(6-15-11)20-8-16-10)17-12-7-18-3-1-9(12)2-4-18/h5-6,8-9,12H,1-4,7H2,(H,17,19). The summed E-state index contributed by atoms with van der Waals surface area (Å²) in [7, 11) is 0. The molecule has 0 aliphatic carbocycles. The van der Waals surface area contributed by atoms with Crippen molar-refractivity contribution in [3.63, 3.8) is 0 Å². The number of carbonyl (C=O) groups excluding carboxylic acids is 1. The molecule has 2 aromatic heterocycles. The SMILES string of the molecule is O=C(NC1CN2CCC1CC2)c1cc2ncsc2cn1. The second kappa shape index (κ2) is 4.79. The molecule has 3 saturated heterocycles. The van der Waals surface area contributed by atoms with E-state index in [1.807, 2.05) is 0 Å². The zero-order chi connectivity index (χ0) is 13.5. The number of piperidine rings is 3. The average molecular weight is 288 g/mol. The van der Waals surface area contributed by atoms with Gasteiger partial charge in [-0.05, 0) is 37.9 Å². The molecule has 3 aliphatic heterocycles. The van der Waals surface area contributed by atoms with Crippen molar-refractivity contribution in [1.29, 1.82) is 0 Å². The van der Waals surface area contributed by atoms with Gasteiger partial charge in [0.1, 0.15) is 5.69 Å². The highest BCUT2D eigenvalue weighted by Crippen LogP contribution is 2.27. The summed E-state index contributed by atoms with van der Waals surface area (Å²) in [5.74, 6) is 0.561. The van der Waals surface area contributed by atoms with E-state index < -0.39 is 0 Å². The second-order valence-corrected chi connectivity index (χ2v) is 6.49. The Kier molecular flexibility index (Phi) is 2.93. The molecule has 1 N–H and O–H groups in total. The van der Waals surface area contributed by atoms with E-state index in [0.717, 1.165) is 16.8 Å². The van der Waals surface area contributed by atoms with Gasteiger partial charge in [-0.15, -0.1) is 11.3 Å². The maximum atomic E-state index is 12.3. The molecule has 0 radical (unpaired) electrons. The van der Waals surface area contributed by atoms with Crippen molar-refractivity contribution in [2.45, 2.75) is 18.9 Å². The van der Waals surface area contributed by atoms with Crippen molar-refractivity contribution in [2.75, 3.05) is 19.6 Å². The Hall–Kier alpha value is -1.53. The molecule has 0 saturated carbocycles. The number of nitrogens with zero attached hydrogens (tertiary/aromatic N) is 3. The first-order valence-corrected chi connectivity index (χ1v) is 7.90. The average Bonchev–Trinajstić information content (AvgIpc) is 2.96. The lowest BCUT2D eigenvalue weighted by molar-refractivity contribution is 0.0618. The Labute approximate surface area is 121 Å². The van der Waals surface area contributed by atoms with E-state index >= 15 is 0 Å². The summed E-state index contributed by atoms with van der Waals surface area (Å²) in [6.45, 7) is 3.34. The minimum absolute atomic E-state index is 0.0707. The van der Waals surface area contributed by atoms with Gasteiger partial charge in [0.05, 0.1) is 15.7 Å². The van der Waals surface area contributed by atoms with Gasteiger partial charge in [0.15, 0.2) is 0 Å². The lowest BCUT2D eigenvalue weighted by Gasteiger charge is -2.44. The number of pyridine rings is 1. The van der Waals surface area contributed by atoms with Crippen LogP contribution in [0, 0.1) is 5.92 Å². The molecule has 3 aliphatic rings. The number of hydrogen-bond acceptors (Lipinski definition) is 5. The number of aromatic nitrogens is 2. The molecule has 5 heterocycles. The zero-order valence-corrected chi connectivity index (χ0v) is 11.9. The molecule has 6 heteroatoms. The summed E-state index contributed by atoms with van der Waals surface area (Å²) < 4.78 is 1.02. The van der Waals surface area contributed by atoms with Crippen molar-refractivity contribution in [3.8, 4) is 0 Å². The molecular weight excluding hydrogens is 272 g/mol. The first-order chi connectivity index (χ1) is 9.79. The lowest BCUT2D eigenvalue weighted by atomic mass is 9.84. The van der Waals surface area contributed by atoms with Crippen LogP contribution in [0.25, 0.3) is 10.2 Å². The van der Waals surface area contributed by atoms with Gasteiger partial charge in [-0.2, -0.15) is 0 Å². The van der Waals surface area contributed by atoms with Crippen LogP contribution in [0.4, 0.5) is 0 Å². The van der Waals surface area contributed by atoms with Crippen LogP contribution in [-0.4, -0.2) is 46.5 Å². The topological polar surface area (TPSA) is 58.1 Å². The van der Waals surface area contributed by atoms with Crippen LogP contribution in [0.5, 0.6) is 0 Å². The number of amides is 1. The highest BCUT2D eigenvalue weighted by atomic mass is 32.1. The molecule has 104 valence electrons. The van der Waals surface area contributed by atoms with Gasteiger partial charge in [-0.1, -0.05) is 0 Å². The summed E-state index contributed by atoms with van der Waals surface area (Å²) in [6.07, 6.45) is 4.13. The third kappa shape index (κ3) is 2.09. The first kappa shape index (κ1) is 12.2. The molecule has 5 nitrogen and oxygen atoms in total. The summed E-state index contributed by atoms with van der Waals surface area (Å²) in [6, 6.07) is 2.06. The number of fused-ring (bicyclic) bond motifs is 4. The Morgan fingerprint density at radius 3 is 2.95 bits per heavy atom. The molecular formula is C14H16N4OS. The first-order valence-electron chi connectivity index (χ1n) is 7.02. The maximum absolute atomic E-state index is 12.3. The zero-order valence-electron chi connectivity index (χ0n) is 11.1. The number of rotatable bonds is 2. The molecule has 0 spiro atoms. The summed E-state index contributed by atoms with van der Waals surface area (Å²) in [5.41, 5.74) is 3.10. The number of thiazole rings is 1. The summed E-state index contributed by atoms with van der Waals surface area (Å²) in [4.78, 5) is 23.3. The molecule has 1 amide bonds. The van der Waals surface area contributed by atoms with E-state index in [1.165, 1.54) is 25.9 Å². The van der Waals surface area contributed by atoms with Crippen molar-refractivity contribution in [2.24, 2.45) is 5.92 Å². The van der Waals surface area contributed by atoms with Crippen LogP contribution in [0.2, 0.25) is 0 Å². The minimum atomic E-state index is -0.0707. The van der Waals surface area contributed by atoms with Crippen LogP contribution >= 0.6 is 11.3 Å². The smallest absolute Gasteiger partial charge is 0.270 e. The molecule has 1 unspecified atom stereocenters. The van der Waals surface area contributed by atoms with Crippen molar-refractivity contribution in [3.05, 3.63) is 23.5 Å². The normalized spacial score (nSPS) is 28.7. The van der Waals surface area contributed by atoms with E-state index in [2.05, 4.69) is 20.2 Å². The van der Waals surface area contributed by atoms with Crippen LogP contribution < -0.4 is 5.32 Å². The predicted octanol–water partition coefficient (Wildman–Crippen LogP) is 1.52. The maximum Gasteiger partial charge on any atom is 0.270 e. The highest BCUT2D eigenvalue weighted by Gasteiger charge is 2.35. The fourth-order valence-corrected chi connectivity index (χ4v) is 3.88. The monoisotopic (exact) mass is 288 g/mol. The number of hydrogen-bond donors (Lipinski definition) is 1. The van der Waals surface area contributed by atoms with E-state index in [9.17, 15) is 4.79 Å². The largest absolute Gasteiger partial charge is 0.346 e. The third-order valence-corrected chi connectivity index (χ3v) is 5.20. The molecule has 2 bridgehead atoms. The van der Waals surface area contributed by atoms with Gasteiger partial charge in [0.2, 0.25) is 0 Å². The van der Waals surface area contributed by atoms with Crippen LogP contribution in [0.1, 0.15) is 23.3 Å². The quantitative estimate of drug-likeness (QED) is 0.910. The Morgan fingerprint density at radius 1 is 1.35 bits per heavy atom. The van der Waals surface area contributed by atoms with Crippen LogP contribution in [0.15, 0.2) is 17.8 Å². The van der Waals surface area contributed by atoms with Gasteiger partial charge >= 0.3 is 0 Å². The van der Waals surface area contributed by atoms with Gasteiger partial charge in [-0.25, -0.2) is 9.97 Å². The minimum Gasteiger partial charge on any atom is -0.346 e.